The summed E-state index contributed by atoms with van der Waals surface area (Å²) in [5.74, 6) is 0. The second-order valence-corrected chi connectivity index (χ2v) is 5.98. The Labute approximate surface area is 133 Å². The van der Waals surface area contributed by atoms with Gasteiger partial charge in [0.05, 0.1) is 6.61 Å². The van der Waals surface area contributed by atoms with E-state index >= 15 is 0 Å². The third-order valence-corrected chi connectivity index (χ3v) is 4.54. The Morgan fingerprint density at radius 3 is 2.30 bits per heavy atom. The van der Waals surface area contributed by atoms with Gasteiger partial charge in [-0.05, 0) is 34.9 Å². The van der Waals surface area contributed by atoms with Gasteiger partial charge in [-0.1, -0.05) is 30.3 Å². The fourth-order valence-corrected chi connectivity index (χ4v) is 3.19. The van der Waals surface area contributed by atoms with Crippen LogP contribution in [0.2, 0.25) is 0 Å². The predicted octanol–water partition coefficient (Wildman–Crippen LogP) is -0.233. The topological polar surface area (TPSA) is 110 Å². The predicted molar refractivity (Wildman–Crippen MR) is 82.6 cm³/mol. The molecule has 23 heavy (non-hydrogen) atoms. The number of rotatable bonds is 2. The SMILES string of the molecule is Cc1cc2ccccc2cc1[C@]1(O)[C@@H](O)O[C@H](CO)[C@@H](O)[C@@H]1O. The van der Waals surface area contributed by atoms with Gasteiger partial charge in [-0.2, -0.15) is 0 Å². The highest BCUT2D eigenvalue weighted by Gasteiger charge is 2.55. The molecule has 0 amide bonds. The molecule has 6 heteroatoms. The van der Waals surface area contributed by atoms with E-state index in [1.807, 2.05) is 30.3 Å². The fraction of sp³-hybridized carbons (Fsp3) is 0.412. The maximum atomic E-state index is 10.9. The molecule has 5 atom stereocenters. The Kier molecular flexibility index (Phi) is 4.14. The van der Waals surface area contributed by atoms with Crippen molar-refractivity contribution < 1.29 is 30.3 Å². The van der Waals surface area contributed by atoms with Crippen LogP contribution in [0.4, 0.5) is 0 Å². The first-order valence-corrected chi connectivity index (χ1v) is 7.42. The van der Waals surface area contributed by atoms with Crippen LogP contribution >= 0.6 is 0 Å². The average Bonchev–Trinajstić information content (AvgIpc) is 2.55. The average molecular weight is 320 g/mol. The molecule has 5 N–H and O–H groups in total. The van der Waals surface area contributed by atoms with E-state index in [4.69, 9.17) is 9.84 Å². The lowest BCUT2D eigenvalue weighted by atomic mass is 9.78. The van der Waals surface area contributed by atoms with Crippen LogP contribution in [-0.4, -0.2) is 56.7 Å². The van der Waals surface area contributed by atoms with E-state index < -0.39 is 36.8 Å². The quantitative estimate of drug-likeness (QED) is 0.523. The summed E-state index contributed by atoms with van der Waals surface area (Å²) < 4.78 is 5.10. The van der Waals surface area contributed by atoms with E-state index in [0.717, 1.165) is 10.8 Å². The van der Waals surface area contributed by atoms with Crippen LogP contribution in [0.1, 0.15) is 11.1 Å². The molecule has 1 fully saturated rings. The first kappa shape index (κ1) is 16.3. The minimum Gasteiger partial charge on any atom is -0.394 e. The van der Waals surface area contributed by atoms with Gasteiger partial charge in [0.15, 0.2) is 11.9 Å². The standard InChI is InChI=1S/C17H20O6/c1-9-6-10-4-2-3-5-11(10)7-12(9)17(22)15(20)14(19)13(8-18)23-16(17)21/h2-7,13-16,18-22H,8H2,1H3/t13-,14-,15+,16+,17-/m1/s1. The number of ether oxygens (including phenoxy) is 1. The van der Waals surface area contributed by atoms with Crippen molar-refractivity contribution in [1.29, 1.82) is 0 Å². The van der Waals surface area contributed by atoms with Gasteiger partial charge in [-0.3, -0.25) is 0 Å². The molecule has 124 valence electrons. The molecule has 1 aliphatic heterocycles. The van der Waals surface area contributed by atoms with Crippen LogP contribution in [0.25, 0.3) is 10.8 Å². The summed E-state index contributed by atoms with van der Waals surface area (Å²) in [6.07, 6.45) is -6.18. The highest BCUT2D eigenvalue weighted by molar-refractivity contribution is 5.84. The van der Waals surface area contributed by atoms with Crippen molar-refractivity contribution in [2.24, 2.45) is 0 Å². The summed E-state index contributed by atoms with van der Waals surface area (Å²) in [7, 11) is 0. The van der Waals surface area contributed by atoms with Crippen molar-refractivity contribution in [1.82, 2.24) is 0 Å². The third-order valence-electron chi connectivity index (χ3n) is 4.54. The number of hydrogen-bond acceptors (Lipinski definition) is 6. The largest absolute Gasteiger partial charge is 0.394 e. The lowest BCUT2D eigenvalue weighted by Gasteiger charge is -2.46. The molecule has 3 rings (SSSR count). The third kappa shape index (κ3) is 2.44. The highest BCUT2D eigenvalue weighted by atomic mass is 16.6. The number of aliphatic hydroxyl groups excluding tert-OH is 4. The maximum absolute atomic E-state index is 10.9. The van der Waals surface area contributed by atoms with E-state index in [1.165, 1.54) is 0 Å². The van der Waals surface area contributed by atoms with Gasteiger partial charge < -0.3 is 30.3 Å². The summed E-state index contributed by atoms with van der Waals surface area (Å²) in [6, 6.07) is 11.0. The summed E-state index contributed by atoms with van der Waals surface area (Å²) >= 11 is 0. The summed E-state index contributed by atoms with van der Waals surface area (Å²) in [4.78, 5) is 0. The molecule has 1 aliphatic rings. The van der Waals surface area contributed by atoms with Gasteiger partial charge in [0, 0.05) is 0 Å². The molecule has 0 aliphatic carbocycles. The fourth-order valence-electron chi connectivity index (χ4n) is 3.19. The molecule has 2 aromatic rings. The van der Waals surface area contributed by atoms with E-state index in [9.17, 15) is 20.4 Å². The lowest BCUT2D eigenvalue weighted by Crippen LogP contribution is -2.64. The Morgan fingerprint density at radius 1 is 1.09 bits per heavy atom. The monoisotopic (exact) mass is 320 g/mol. The van der Waals surface area contributed by atoms with Crippen molar-refractivity contribution in [3.05, 3.63) is 47.5 Å². The first-order valence-electron chi connectivity index (χ1n) is 7.42. The maximum Gasteiger partial charge on any atom is 0.191 e. The minimum absolute atomic E-state index is 0.270. The van der Waals surface area contributed by atoms with Crippen LogP contribution in [0.5, 0.6) is 0 Å². The molecule has 0 saturated carbocycles. The van der Waals surface area contributed by atoms with Crippen molar-refractivity contribution in [2.45, 2.75) is 37.1 Å². The number of aliphatic hydroxyl groups is 5. The van der Waals surface area contributed by atoms with Crippen molar-refractivity contribution >= 4 is 10.8 Å². The second-order valence-electron chi connectivity index (χ2n) is 5.98. The molecule has 6 nitrogen and oxygen atoms in total. The van der Waals surface area contributed by atoms with Crippen molar-refractivity contribution in [3.63, 3.8) is 0 Å². The number of benzene rings is 2. The Balaban J connectivity index is 2.13. The van der Waals surface area contributed by atoms with Gasteiger partial charge in [0.25, 0.3) is 0 Å². The summed E-state index contributed by atoms with van der Waals surface area (Å²) in [5.41, 5.74) is -1.28. The molecule has 1 saturated heterocycles. The Hall–Kier alpha value is -1.54. The van der Waals surface area contributed by atoms with Crippen LogP contribution in [0.3, 0.4) is 0 Å². The molecule has 0 bridgehead atoms. The molecular formula is C17H20O6. The molecular weight excluding hydrogens is 300 g/mol. The van der Waals surface area contributed by atoms with E-state index in [0.29, 0.717) is 5.56 Å². The van der Waals surface area contributed by atoms with Gasteiger partial charge in [-0.25, -0.2) is 0 Å². The van der Waals surface area contributed by atoms with Gasteiger partial charge in [-0.15, -0.1) is 0 Å². The zero-order chi connectivity index (χ0) is 16.8. The van der Waals surface area contributed by atoms with E-state index in [2.05, 4.69) is 0 Å². The Morgan fingerprint density at radius 2 is 1.70 bits per heavy atom. The lowest BCUT2D eigenvalue weighted by molar-refractivity contribution is -0.335. The van der Waals surface area contributed by atoms with E-state index in [-0.39, 0.29) is 5.56 Å². The molecule has 0 spiro atoms. The molecule has 1 heterocycles. The van der Waals surface area contributed by atoms with Gasteiger partial charge in [0.2, 0.25) is 0 Å². The smallest absolute Gasteiger partial charge is 0.191 e. The minimum atomic E-state index is -2.20. The summed E-state index contributed by atoms with van der Waals surface area (Å²) in [6.45, 7) is 1.16. The summed E-state index contributed by atoms with van der Waals surface area (Å²) in [5, 5.41) is 52.5. The van der Waals surface area contributed by atoms with Crippen LogP contribution < -0.4 is 0 Å². The zero-order valence-electron chi connectivity index (χ0n) is 12.6. The zero-order valence-corrected chi connectivity index (χ0v) is 12.6. The molecule has 2 aromatic carbocycles. The molecule has 0 unspecified atom stereocenters. The van der Waals surface area contributed by atoms with Crippen LogP contribution in [-0.2, 0) is 10.3 Å². The first-order chi connectivity index (χ1) is 10.9. The second kappa shape index (κ2) is 5.83. The van der Waals surface area contributed by atoms with Gasteiger partial charge >= 0.3 is 0 Å². The number of fused-ring (bicyclic) bond motifs is 1. The van der Waals surface area contributed by atoms with E-state index in [1.54, 1.807) is 13.0 Å². The highest BCUT2D eigenvalue weighted by Crippen LogP contribution is 2.39. The van der Waals surface area contributed by atoms with Crippen LogP contribution in [0, 0.1) is 6.92 Å². The number of aryl methyl sites for hydroxylation is 1. The van der Waals surface area contributed by atoms with Crippen molar-refractivity contribution in [2.75, 3.05) is 6.61 Å². The van der Waals surface area contributed by atoms with Crippen molar-refractivity contribution in [3.8, 4) is 0 Å². The molecule has 0 aromatic heterocycles. The number of hydrogen-bond donors (Lipinski definition) is 5. The Bertz CT molecular complexity index is 717. The van der Waals surface area contributed by atoms with Gasteiger partial charge in [0.1, 0.15) is 18.3 Å². The molecule has 0 radical (unpaired) electrons. The normalized spacial score (nSPS) is 34.7. The van der Waals surface area contributed by atoms with Crippen LogP contribution in [0.15, 0.2) is 36.4 Å².